The molecule has 0 saturated heterocycles. The molecule has 3 aromatic rings. The van der Waals surface area contributed by atoms with Crippen LogP contribution in [0.3, 0.4) is 0 Å². The van der Waals surface area contributed by atoms with Gasteiger partial charge in [0.25, 0.3) is 10.0 Å². The Morgan fingerprint density at radius 3 is 2.38 bits per heavy atom. The van der Waals surface area contributed by atoms with E-state index in [0.717, 1.165) is 27.6 Å². The lowest BCUT2D eigenvalue weighted by atomic mass is 10.2. The molecule has 0 aromatic heterocycles. The highest BCUT2D eigenvalue weighted by atomic mass is 35.5. The van der Waals surface area contributed by atoms with Crippen LogP contribution >= 0.6 is 11.6 Å². The van der Waals surface area contributed by atoms with Crippen LogP contribution in [0.2, 0.25) is 5.02 Å². The number of aryl methyl sites for hydroxylation is 1. The average Bonchev–Trinajstić information content (AvgIpc) is 2.77. The van der Waals surface area contributed by atoms with Crippen molar-refractivity contribution < 1.29 is 22.3 Å². The number of benzene rings is 3. The zero-order valence-corrected chi connectivity index (χ0v) is 18.9. The summed E-state index contributed by atoms with van der Waals surface area (Å²) >= 11 is 6.19. The third-order valence-electron chi connectivity index (χ3n) is 4.64. The zero-order chi connectivity index (χ0) is 23.3. The second-order valence-corrected chi connectivity index (χ2v) is 9.25. The fraction of sp³-hybridized carbons (Fsp3) is 0.125. The van der Waals surface area contributed by atoms with Gasteiger partial charge in [-0.25, -0.2) is 17.6 Å². The van der Waals surface area contributed by atoms with Crippen LogP contribution in [0, 0.1) is 12.7 Å². The molecule has 0 fully saturated rings. The Bertz CT molecular complexity index is 1230. The first-order chi connectivity index (χ1) is 15.2. The molecular weight excluding hydrogens is 453 g/mol. The molecule has 0 aliphatic heterocycles. The Morgan fingerprint density at radius 1 is 1.09 bits per heavy atom. The van der Waals surface area contributed by atoms with Gasteiger partial charge in [0.15, 0.2) is 0 Å². The summed E-state index contributed by atoms with van der Waals surface area (Å²) < 4.78 is 46.4. The standard InChI is InChI=1S/C24H21ClFNO4S/c1-3-14-27(21-11-9-20(26)10-12-21)32(29,30)23-15-19(8-13-22(23)25)24(28)31-16-18-6-4-17(2)5-7-18/h3-13,15H,1,14,16H2,2H3. The summed E-state index contributed by atoms with van der Waals surface area (Å²) in [4.78, 5) is 12.3. The van der Waals surface area contributed by atoms with Crippen LogP contribution in [0.1, 0.15) is 21.5 Å². The molecule has 3 aromatic carbocycles. The van der Waals surface area contributed by atoms with Crippen LogP contribution in [0.4, 0.5) is 10.1 Å². The molecular formula is C24H21ClFNO4S. The van der Waals surface area contributed by atoms with Gasteiger partial charge in [-0.2, -0.15) is 0 Å². The Labute approximate surface area is 191 Å². The third-order valence-corrected chi connectivity index (χ3v) is 6.91. The molecule has 0 unspecified atom stereocenters. The van der Waals surface area contributed by atoms with Crippen LogP contribution in [0.25, 0.3) is 0 Å². The number of hydrogen-bond acceptors (Lipinski definition) is 4. The molecule has 0 saturated carbocycles. The predicted molar refractivity (Wildman–Crippen MR) is 123 cm³/mol. The zero-order valence-electron chi connectivity index (χ0n) is 17.3. The molecule has 166 valence electrons. The topological polar surface area (TPSA) is 63.7 Å². The Hall–Kier alpha value is -3.16. The molecule has 0 N–H and O–H groups in total. The van der Waals surface area contributed by atoms with Crippen molar-refractivity contribution in [2.75, 3.05) is 10.8 Å². The summed E-state index contributed by atoms with van der Waals surface area (Å²) in [7, 11) is -4.19. The number of esters is 1. The maximum atomic E-state index is 13.4. The lowest BCUT2D eigenvalue weighted by Gasteiger charge is -2.24. The fourth-order valence-corrected chi connectivity index (χ4v) is 4.87. The molecule has 0 bridgehead atoms. The van der Waals surface area contributed by atoms with Crippen molar-refractivity contribution in [2.45, 2.75) is 18.4 Å². The monoisotopic (exact) mass is 473 g/mol. The second kappa shape index (κ2) is 9.97. The maximum Gasteiger partial charge on any atom is 0.338 e. The fourth-order valence-electron chi connectivity index (χ4n) is 2.93. The van der Waals surface area contributed by atoms with Crippen LogP contribution < -0.4 is 4.31 Å². The highest BCUT2D eigenvalue weighted by Crippen LogP contribution is 2.30. The van der Waals surface area contributed by atoms with E-state index in [0.29, 0.717) is 0 Å². The van der Waals surface area contributed by atoms with Crippen molar-refractivity contribution in [2.24, 2.45) is 0 Å². The number of halogens is 2. The van der Waals surface area contributed by atoms with Crippen molar-refractivity contribution >= 4 is 33.3 Å². The van der Waals surface area contributed by atoms with E-state index in [2.05, 4.69) is 6.58 Å². The number of nitrogens with zero attached hydrogens (tertiary/aromatic N) is 1. The molecule has 0 heterocycles. The largest absolute Gasteiger partial charge is 0.457 e. The van der Waals surface area contributed by atoms with Crippen LogP contribution in [0.5, 0.6) is 0 Å². The van der Waals surface area contributed by atoms with Crippen LogP contribution in [0.15, 0.2) is 84.3 Å². The summed E-state index contributed by atoms with van der Waals surface area (Å²) in [6, 6.07) is 16.4. The van der Waals surface area contributed by atoms with Gasteiger partial charge in [-0.15, -0.1) is 6.58 Å². The third kappa shape index (κ3) is 5.36. The molecule has 0 atom stereocenters. The van der Waals surface area contributed by atoms with E-state index < -0.39 is 21.8 Å². The molecule has 0 amide bonds. The first kappa shape index (κ1) is 23.5. The van der Waals surface area contributed by atoms with Gasteiger partial charge in [0.05, 0.1) is 22.8 Å². The lowest BCUT2D eigenvalue weighted by Crippen LogP contribution is -2.31. The minimum atomic E-state index is -4.19. The van der Waals surface area contributed by atoms with Gasteiger partial charge in [-0.1, -0.05) is 47.5 Å². The Balaban J connectivity index is 1.89. The van der Waals surface area contributed by atoms with E-state index >= 15 is 0 Å². The minimum Gasteiger partial charge on any atom is -0.457 e. The highest BCUT2D eigenvalue weighted by Gasteiger charge is 2.28. The number of anilines is 1. The summed E-state index contributed by atoms with van der Waals surface area (Å²) in [6.07, 6.45) is 1.40. The number of sulfonamides is 1. The normalized spacial score (nSPS) is 11.1. The number of hydrogen-bond donors (Lipinski definition) is 0. The van der Waals surface area contributed by atoms with Crippen molar-refractivity contribution in [3.8, 4) is 0 Å². The first-order valence-electron chi connectivity index (χ1n) is 9.64. The van der Waals surface area contributed by atoms with Gasteiger partial charge in [-0.3, -0.25) is 4.31 Å². The quantitative estimate of drug-likeness (QED) is 0.319. The van der Waals surface area contributed by atoms with Crippen molar-refractivity contribution in [1.82, 2.24) is 0 Å². The van der Waals surface area contributed by atoms with E-state index in [1.807, 2.05) is 31.2 Å². The predicted octanol–water partition coefficient (Wildman–Crippen LogP) is 5.53. The number of carbonyl (C=O) groups is 1. The Kier molecular flexibility index (Phi) is 7.33. The maximum absolute atomic E-state index is 13.4. The van der Waals surface area contributed by atoms with E-state index in [-0.39, 0.29) is 34.3 Å². The SMILES string of the molecule is C=CCN(c1ccc(F)cc1)S(=O)(=O)c1cc(C(=O)OCc2ccc(C)cc2)ccc1Cl. The van der Waals surface area contributed by atoms with Crippen molar-refractivity contribution in [3.63, 3.8) is 0 Å². The van der Waals surface area contributed by atoms with Gasteiger partial charge in [0, 0.05) is 0 Å². The van der Waals surface area contributed by atoms with Gasteiger partial charge in [0.2, 0.25) is 0 Å². The summed E-state index contributed by atoms with van der Waals surface area (Å²) in [5.74, 6) is -1.18. The second-order valence-electron chi connectivity index (χ2n) is 7.01. The Morgan fingerprint density at radius 2 is 1.75 bits per heavy atom. The number of ether oxygens (including phenoxy) is 1. The molecule has 8 heteroatoms. The van der Waals surface area contributed by atoms with Gasteiger partial charge < -0.3 is 4.74 Å². The van der Waals surface area contributed by atoms with Gasteiger partial charge >= 0.3 is 5.97 Å². The molecule has 0 radical (unpaired) electrons. The first-order valence-corrected chi connectivity index (χ1v) is 11.5. The van der Waals surface area contributed by atoms with Crippen molar-refractivity contribution in [3.05, 3.63) is 107 Å². The molecule has 0 aliphatic carbocycles. The smallest absolute Gasteiger partial charge is 0.338 e. The van der Waals surface area contributed by atoms with Crippen molar-refractivity contribution in [1.29, 1.82) is 0 Å². The van der Waals surface area contributed by atoms with E-state index in [1.54, 1.807) is 0 Å². The molecule has 0 spiro atoms. The van der Waals surface area contributed by atoms with E-state index in [4.69, 9.17) is 16.3 Å². The molecule has 0 aliphatic rings. The summed E-state index contributed by atoms with van der Waals surface area (Å²) in [6.45, 7) is 5.51. The average molecular weight is 474 g/mol. The molecule has 3 rings (SSSR count). The molecule has 32 heavy (non-hydrogen) atoms. The lowest BCUT2D eigenvalue weighted by molar-refractivity contribution is 0.0472. The summed E-state index contributed by atoms with van der Waals surface area (Å²) in [5.41, 5.74) is 2.16. The van der Waals surface area contributed by atoms with E-state index in [1.165, 1.54) is 36.4 Å². The highest BCUT2D eigenvalue weighted by molar-refractivity contribution is 7.93. The van der Waals surface area contributed by atoms with Gasteiger partial charge in [-0.05, 0) is 55.0 Å². The number of carbonyl (C=O) groups excluding carboxylic acids is 1. The molecule has 5 nitrogen and oxygen atoms in total. The van der Waals surface area contributed by atoms with Crippen LogP contribution in [-0.2, 0) is 21.4 Å². The van der Waals surface area contributed by atoms with Gasteiger partial charge in [0.1, 0.15) is 17.3 Å². The number of rotatable bonds is 8. The van der Waals surface area contributed by atoms with E-state index in [9.17, 15) is 17.6 Å². The summed E-state index contributed by atoms with van der Waals surface area (Å²) in [5, 5.41) is -0.0590. The minimum absolute atomic E-state index is 0.0396. The van der Waals surface area contributed by atoms with Crippen LogP contribution in [-0.4, -0.2) is 20.9 Å².